The van der Waals surface area contributed by atoms with Gasteiger partial charge in [-0.3, -0.25) is 4.79 Å². The molecular formula is C20H30BNO3. The number of nitrogens with zero attached hydrogens (tertiary/aromatic N) is 1. The Bertz CT molecular complexity index is 634. The van der Waals surface area contributed by atoms with Crippen molar-refractivity contribution in [1.29, 1.82) is 0 Å². The van der Waals surface area contributed by atoms with E-state index in [1.807, 2.05) is 11.0 Å². The lowest BCUT2D eigenvalue weighted by atomic mass is 9.75. The minimum atomic E-state index is -0.350. The third-order valence-corrected chi connectivity index (χ3v) is 5.91. The molecule has 2 heterocycles. The van der Waals surface area contributed by atoms with Gasteiger partial charge in [0.2, 0.25) is 5.91 Å². The maximum Gasteiger partial charge on any atom is 0.495 e. The molecule has 0 bridgehead atoms. The molecule has 3 rings (SSSR count). The van der Waals surface area contributed by atoms with Crippen LogP contribution < -0.4 is 5.46 Å². The lowest BCUT2D eigenvalue weighted by Gasteiger charge is -2.32. The number of hydrogen-bond donors (Lipinski definition) is 0. The number of rotatable bonds is 3. The molecule has 4 nitrogen and oxygen atoms in total. The smallest absolute Gasteiger partial charge is 0.399 e. The summed E-state index contributed by atoms with van der Waals surface area (Å²) in [6.45, 7) is 12.1. The van der Waals surface area contributed by atoms with Gasteiger partial charge < -0.3 is 14.2 Å². The third-order valence-electron chi connectivity index (χ3n) is 5.91. The van der Waals surface area contributed by atoms with Gasteiger partial charge in [-0.1, -0.05) is 23.8 Å². The molecule has 5 heteroatoms. The van der Waals surface area contributed by atoms with Gasteiger partial charge in [0.05, 0.1) is 17.6 Å². The summed E-state index contributed by atoms with van der Waals surface area (Å²) in [5, 5.41) is 0. The van der Waals surface area contributed by atoms with E-state index in [2.05, 4.69) is 46.8 Å². The molecule has 0 aliphatic carbocycles. The quantitative estimate of drug-likeness (QED) is 0.793. The highest BCUT2D eigenvalue weighted by molar-refractivity contribution is 6.62. The highest BCUT2D eigenvalue weighted by atomic mass is 16.7. The molecule has 0 spiro atoms. The summed E-state index contributed by atoms with van der Waals surface area (Å²) in [6.07, 6.45) is 3.98. The van der Waals surface area contributed by atoms with E-state index in [-0.39, 0.29) is 24.2 Å². The number of likely N-dealkylation sites (tertiary alicyclic amines) is 1. The molecule has 0 aromatic heterocycles. The van der Waals surface area contributed by atoms with Gasteiger partial charge in [-0.25, -0.2) is 0 Å². The molecule has 0 saturated carbocycles. The summed E-state index contributed by atoms with van der Waals surface area (Å²) < 4.78 is 12.3. The van der Waals surface area contributed by atoms with Crippen LogP contribution in [0.15, 0.2) is 18.2 Å². The van der Waals surface area contributed by atoms with Crippen molar-refractivity contribution < 1.29 is 14.1 Å². The molecule has 2 aliphatic heterocycles. The van der Waals surface area contributed by atoms with E-state index in [0.29, 0.717) is 6.42 Å². The molecule has 1 aromatic carbocycles. The van der Waals surface area contributed by atoms with Crippen LogP contribution in [0.3, 0.4) is 0 Å². The molecule has 25 heavy (non-hydrogen) atoms. The van der Waals surface area contributed by atoms with E-state index in [9.17, 15) is 4.79 Å². The van der Waals surface area contributed by atoms with Crippen LogP contribution >= 0.6 is 0 Å². The topological polar surface area (TPSA) is 38.8 Å². The first-order valence-electron chi connectivity index (χ1n) is 9.42. The van der Waals surface area contributed by atoms with E-state index in [1.165, 1.54) is 6.42 Å². The minimum Gasteiger partial charge on any atom is -0.399 e. The average molecular weight is 343 g/mol. The first-order valence-corrected chi connectivity index (χ1v) is 9.42. The summed E-state index contributed by atoms with van der Waals surface area (Å²) >= 11 is 0. The van der Waals surface area contributed by atoms with Crippen LogP contribution in [0, 0.1) is 6.92 Å². The van der Waals surface area contributed by atoms with Crippen molar-refractivity contribution in [3.63, 3.8) is 0 Å². The summed E-state index contributed by atoms with van der Waals surface area (Å²) in [5.74, 6) is 0.238. The van der Waals surface area contributed by atoms with E-state index in [1.54, 1.807) is 0 Å². The maximum absolute atomic E-state index is 12.5. The van der Waals surface area contributed by atoms with Crippen LogP contribution in [-0.2, 0) is 20.5 Å². The predicted octanol–water partition coefficient (Wildman–Crippen LogP) is 2.85. The summed E-state index contributed by atoms with van der Waals surface area (Å²) in [6, 6.07) is 6.19. The van der Waals surface area contributed by atoms with Crippen molar-refractivity contribution in [3.05, 3.63) is 29.3 Å². The van der Waals surface area contributed by atoms with Gasteiger partial charge in [0.1, 0.15) is 0 Å². The van der Waals surface area contributed by atoms with Gasteiger partial charge in [-0.15, -0.1) is 0 Å². The SMILES string of the molecule is Cc1cc(CC(=O)N2CCCCC2)ccc1B1OC(C)(C)C(C)(C)O1. The molecule has 2 fully saturated rings. The number of amides is 1. The Kier molecular flexibility index (Phi) is 5.00. The average Bonchev–Trinajstić information content (AvgIpc) is 2.76. The molecule has 0 radical (unpaired) electrons. The van der Waals surface area contributed by atoms with Crippen LogP contribution in [-0.4, -0.2) is 42.2 Å². The predicted molar refractivity (Wildman–Crippen MR) is 101 cm³/mol. The normalized spacial score (nSPS) is 22.3. The number of hydrogen-bond acceptors (Lipinski definition) is 3. The molecule has 2 aliphatic rings. The van der Waals surface area contributed by atoms with Crippen LogP contribution in [0.2, 0.25) is 0 Å². The molecule has 136 valence electrons. The molecule has 1 amide bonds. The van der Waals surface area contributed by atoms with E-state index >= 15 is 0 Å². The first-order chi connectivity index (χ1) is 11.7. The number of piperidine rings is 1. The maximum atomic E-state index is 12.5. The van der Waals surface area contributed by atoms with E-state index < -0.39 is 0 Å². The van der Waals surface area contributed by atoms with Gasteiger partial charge in [-0.05, 0) is 64.9 Å². The molecule has 0 unspecified atom stereocenters. The van der Waals surface area contributed by atoms with Crippen molar-refractivity contribution in [2.75, 3.05) is 13.1 Å². The van der Waals surface area contributed by atoms with Crippen LogP contribution in [0.1, 0.15) is 58.1 Å². The fraction of sp³-hybridized carbons (Fsp3) is 0.650. The van der Waals surface area contributed by atoms with Crippen molar-refractivity contribution in [2.45, 2.75) is 71.5 Å². The van der Waals surface area contributed by atoms with Crippen molar-refractivity contribution >= 4 is 18.5 Å². The number of aryl methyl sites for hydroxylation is 1. The molecule has 0 N–H and O–H groups in total. The fourth-order valence-electron chi connectivity index (χ4n) is 3.51. The van der Waals surface area contributed by atoms with Gasteiger partial charge in [0, 0.05) is 13.1 Å². The first kappa shape index (κ1) is 18.5. The van der Waals surface area contributed by atoms with Crippen LogP contribution in [0.5, 0.6) is 0 Å². The Morgan fingerprint density at radius 2 is 1.68 bits per heavy atom. The number of carbonyl (C=O) groups excluding carboxylic acids is 1. The Hall–Kier alpha value is -1.33. The zero-order chi connectivity index (χ0) is 18.2. The second kappa shape index (κ2) is 6.77. The van der Waals surface area contributed by atoms with Crippen LogP contribution in [0.25, 0.3) is 0 Å². The van der Waals surface area contributed by atoms with Crippen molar-refractivity contribution in [2.24, 2.45) is 0 Å². The number of carbonyl (C=O) groups is 1. The number of benzene rings is 1. The fourth-order valence-corrected chi connectivity index (χ4v) is 3.51. The molecule has 1 aromatic rings. The van der Waals surface area contributed by atoms with Gasteiger partial charge in [-0.2, -0.15) is 0 Å². The Morgan fingerprint density at radius 1 is 1.08 bits per heavy atom. The Morgan fingerprint density at radius 3 is 2.24 bits per heavy atom. The lowest BCUT2D eigenvalue weighted by molar-refractivity contribution is -0.131. The molecular weight excluding hydrogens is 313 g/mol. The monoisotopic (exact) mass is 343 g/mol. The molecule has 0 atom stereocenters. The Balaban J connectivity index is 1.70. The minimum absolute atomic E-state index is 0.238. The van der Waals surface area contributed by atoms with Gasteiger partial charge >= 0.3 is 7.12 Å². The lowest BCUT2D eigenvalue weighted by Crippen LogP contribution is -2.41. The van der Waals surface area contributed by atoms with E-state index in [4.69, 9.17) is 9.31 Å². The standard InChI is InChI=1S/C20H30BNO3/c1-15-13-16(14-18(23)22-11-7-6-8-12-22)9-10-17(15)21-24-19(2,3)20(4,5)25-21/h9-10,13H,6-8,11-12,14H2,1-5H3. The Labute approximate surface area is 152 Å². The van der Waals surface area contributed by atoms with Crippen molar-refractivity contribution in [3.8, 4) is 0 Å². The van der Waals surface area contributed by atoms with Gasteiger partial charge in [0.25, 0.3) is 0 Å². The third kappa shape index (κ3) is 3.77. The van der Waals surface area contributed by atoms with Gasteiger partial charge in [0.15, 0.2) is 0 Å². The second-order valence-corrected chi connectivity index (χ2v) is 8.40. The zero-order valence-corrected chi connectivity index (χ0v) is 16.2. The zero-order valence-electron chi connectivity index (χ0n) is 16.2. The highest BCUT2D eigenvalue weighted by Gasteiger charge is 2.52. The molecule has 2 saturated heterocycles. The van der Waals surface area contributed by atoms with Crippen molar-refractivity contribution in [1.82, 2.24) is 4.90 Å². The highest BCUT2D eigenvalue weighted by Crippen LogP contribution is 2.36. The largest absolute Gasteiger partial charge is 0.495 e. The summed E-state index contributed by atoms with van der Waals surface area (Å²) in [5.41, 5.74) is 2.55. The second-order valence-electron chi connectivity index (χ2n) is 8.40. The van der Waals surface area contributed by atoms with E-state index in [0.717, 1.165) is 42.5 Å². The summed E-state index contributed by atoms with van der Waals surface area (Å²) in [4.78, 5) is 14.5. The summed E-state index contributed by atoms with van der Waals surface area (Å²) in [7, 11) is -0.350. The van der Waals surface area contributed by atoms with Crippen LogP contribution in [0.4, 0.5) is 0 Å².